The van der Waals surface area contributed by atoms with Crippen molar-refractivity contribution in [1.82, 2.24) is 10.2 Å². The molecular formula is C22H24BrN3O4. The van der Waals surface area contributed by atoms with E-state index in [2.05, 4.69) is 26.2 Å². The van der Waals surface area contributed by atoms with Crippen molar-refractivity contribution in [2.45, 2.75) is 25.4 Å². The van der Waals surface area contributed by atoms with Gasteiger partial charge in [0.05, 0.1) is 13.7 Å². The van der Waals surface area contributed by atoms with E-state index in [1.165, 1.54) is 4.90 Å². The fourth-order valence-electron chi connectivity index (χ4n) is 2.94. The average Bonchev–Trinajstić information content (AvgIpc) is 2.92. The Bertz CT molecular complexity index is 926. The van der Waals surface area contributed by atoms with E-state index in [0.717, 1.165) is 15.8 Å². The molecule has 0 saturated carbocycles. The van der Waals surface area contributed by atoms with Crippen LogP contribution in [0.5, 0.6) is 11.5 Å². The summed E-state index contributed by atoms with van der Waals surface area (Å²) in [5.41, 5.74) is -0.0459. The lowest BCUT2D eigenvalue weighted by Gasteiger charge is -2.20. The number of ether oxygens (including phenoxy) is 2. The number of carbonyl (C=O) groups excluding carboxylic acids is 2. The van der Waals surface area contributed by atoms with Crippen LogP contribution in [-0.4, -0.2) is 54.9 Å². The molecule has 3 amide bonds. The molecule has 30 heavy (non-hydrogen) atoms. The number of carbonyl (C=O) groups is 2. The third-order valence-electron chi connectivity index (χ3n) is 4.64. The number of benzene rings is 2. The van der Waals surface area contributed by atoms with E-state index in [9.17, 15) is 9.59 Å². The molecule has 8 heteroatoms. The van der Waals surface area contributed by atoms with Crippen molar-refractivity contribution in [3.8, 4) is 11.5 Å². The number of nitrogens with one attached hydrogen (secondary N) is 1. The highest BCUT2D eigenvalue weighted by Crippen LogP contribution is 2.19. The molecule has 0 bridgehead atoms. The fourth-order valence-corrected chi connectivity index (χ4v) is 3.21. The largest absolute Gasteiger partial charge is 0.497 e. The molecular weight excluding hydrogens is 450 g/mol. The minimum absolute atomic E-state index is 0.122. The van der Waals surface area contributed by atoms with Gasteiger partial charge in [-0.05, 0) is 67.9 Å². The van der Waals surface area contributed by atoms with Crippen LogP contribution in [0.2, 0.25) is 0 Å². The van der Waals surface area contributed by atoms with E-state index in [1.807, 2.05) is 48.5 Å². The quantitative estimate of drug-likeness (QED) is 0.468. The van der Waals surface area contributed by atoms with Crippen molar-refractivity contribution < 1.29 is 19.1 Å². The van der Waals surface area contributed by atoms with Gasteiger partial charge in [0, 0.05) is 10.7 Å². The molecule has 1 fully saturated rings. The van der Waals surface area contributed by atoms with Crippen molar-refractivity contribution >= 4 is 34.1 Å². The molecule has 1 aliphatic rings. The lowest BCUT2D eigenvalue weighted by Crippen LogP contribution is -2.42. The second-order valence-electron chi connectivity index (χ2n) is 7.44. The van der Waals surface area contributed by atoms with Gasteiger partial charge >= 0.3 is 6.03 Å². The third-order valence-corrected chi connectivity index (χ3v) is 5.17. The Hall–Kier alpha value is -2.87. The van der Waals surface area contributed by atoms with Crippen molar-refractivity contribution in [3.05, 3.63) is 58.6 Å². The molecule has 7 nitrogen and oxygen atoms in total. The summed E-state index contributed by atoms with van der Waals surface area (Å²) in [6.45, 7) is 3.70. The Labute approximate surface area is 184 Å². The Morgan fingerprint density at radius 2 is 1.73 bits per heavy atom. The highest BCUT2D eigenvalue weighted by Gasteiger charge is 2.44. The summed E-state index contributed by atoms with van der Waals surface area (Å²) in [5.74, 6) is 1.16. The van der Waals surface area contributed by atoms with E-state index in [0.29, 0.717) is 5.75 Å². The average molecular weight is 474 g/mol. The smallest absolute Gasteiger partial charge is 0.325 e. The number of nitrogens with zero attached hydrogens (tertiary/aromatic N) is 2. The Balaban J connectivity index is 1.74. The number of urea groups is 1. The van der Waals surface area contributed by atoms with E-state index in [-0.39, 0.29) is 19.1 Å². The minimum atomic E-state index is -0.923. The minimum Gasteiger partial charge on any atom is -0.497 e. The maximum absolute atomic E-state index is 12.6. The monoisotopic (exact) mass is 473 g/mol. The number of halogens is 1. The molecule has 0 spiro atoms. The molecule has 1 atom stereocenters. The highest BCUT2D eigenvalue weighted by molar-refractivity contribution is 9.10. The zero-order valence-electron chi connectivity index (χ0n) is 17.1. The number of imide groups is 1. The van der Waals surface area contributed by atoms with Gasteiger partial charge in [-0.1, -0.05) is 15.9 Å². The van der Waals surface area contributed by atoms with Gasteiger partial charge < -0.3 is 14.8 Å². The van der Waals surface area contributed by atoms with Crippen LogP contribution in [0.4, 0.5) is 4.79 Å². The van der Waals surface area contributed by atoms with Gasteiger partial charge in [-0.25, -0.2) is 4.79 Å². The predicted molar refractivity (Wildman–Crippen MR) is 118 cm³/mol. The number of hydrogen-bond acceptors (Lipinski definition) is 5. The van der Waals surface area contributed by atoms with Crippen LogP contribution in [-0.2, 0) is 4.79 Å². The first-order valence-corrected chi connectivity index (χ1v) is 10.3. The fraction of sp³-hybridized carbons (Fsp3) is 0.318. The maximum atomic E-state index is 12.6. The first kappa shape index (κ1) is 21.8. The van der Waals surface area contributed by atoms with Gasteiger partial charge in [0.25, 0.3) is 5.91 Å². The number of hydrogen-bond donors (Lipinski definition) is 1. The predicted octanol–water partition coefficient (Wildman–Crippen LogP) is 3.65. The summed E-state index contributed by atoms with van der Waals surface area (Å²) >= 11 is 3.39. The van der Waals surface area contributed by atoms with Gasteiger partial charge in [0.2, 0.25) is 0 Å². The molecule has 0 radical (unpaired) electrons. The first-order chi connectivity index (χ1) is 14.3. The summed E-state index contributed by atoms with van der Waals surface area (Å²) in [6.07, 6.45) is 1.71. The summed E-state index contributed by atoms with van der Waals surface area (Å²) in [4.78, 5) is 30.6. The topological polar surface area (TPSA) is 80.2 Å². The second kappa shape index (κ2) is 9.30. The molecule has 0 aliphatic carbocycles. The Morgan fingerprint density at radius 1 is 1.10 bits per heavy atom. The Kier molecular flexibility index (Phi) is 6.77. The molecule has 158 valence electrons. The van der Waals surface area contributed by atoms with Crippen molar-refractivity contribution in [2.75, 3.05) is 20.3 Å². The normalized spacial score (nSPS) is 16.6. The van der Waals surface area contributed by atoms with Gasteiger partial charge in [-0.15, -0.1) is 0 Å². The first-order valence-electron chi connectivity index (χ1n) is 9.48. The standard InChI is InChI=1S/C22H24BrN3O4/c1-22(2)20(27)26(21(28)25-22)13-17(14-30-19-10-6-16(23)7-11-19)24-12-15-4-8-18(29-3)9-5-15/h4-12,17H,13-14H2,1-3H3,(H,25,28)/b24-12+/t17-/m0/s1. The lowest BCUT2D eigenvalue weighted by atomic mass is 10.1. The molecule has 2 aromatic carbocycles. The van der Waals surface area contributed by atoms with Crippen LogP contribution in [0, 0.1) is 0 Å². The van der Waals surface area contributed by atoms with Gasteiger partial charge in [-0.2, -0.15) is 0 Å². The van der Waals surface area contributed by atoms with Crippen LogP contribution >= 0.6 is 15.9 Å². The molecule has 0 aromatic heterocycles. The van der Waals surface area contributed by atoms with Gasteiger partial charge in [0.15, 0.2) is 0 Å². The number of methoxy groups -OCH3 is 1. The molecule has 1 saturated heterocycles. The van der Waals surface area contributed by atoms with E-state index in [4.69, 9.17) is 9.47 Å². The van der Waals surface area contributed by atoms with Gasteiger partial charge in [-0.3, -0.25) is 14.7 Å². The van der Waals surface area contributed by atoms with Gasteiger partial charge in [0.1, 0.15) is 29.7 Å². The summed E-state index contributed by atoms with van der Waals surface area (Å²) in [5, 5.41) is 2.69. The number of rotatable bonds is 8. The lowest BCUT2D eigenvalue weighted by molar-refractivity contribution is -0.130. The molecule has 1 aliphatic heterocycles. The zero-order chi connectivity index (χ0) is 21.7. The van der Waals surface area contributed by atoms with Crippen LogP contribution < -0.4 is 14.8 Å². The van der Waals surface area contributed by atoms with Crippen LogP contribution in [0.15, 0.2) is 58.0 Å². The summed E-state index contributed by atoms with van der Waals surface area (Å²) < 4.78 is 12.0. The second-order valence-corrected chi connectivity index (χ2v) is 8.36. The van der Waals surface area contributed by atoms with Crippen molar-refractivity contribution in [3.63, 3.8) is 0 Å². The van der Waals surface area contributed by atoms with Crippen molar-refractivity contribution in [2.24, 2.45) is 4.99 Å². The van der Waals surface area contributed by atoms with E-state index in [1.54, 1.807) is 27.2 Å². The molecule has 1 heterocycles. The third kappa shape index (κ3) is 5.38. The Morgan fingerprint density at radius 3 is 2.30 bits per heavy atom. The molecule has 3 rings (SSSR count). The van der Waals surface area contributed by atoms with Crippen LogP contribution in [0.25, 0.3) is 0 Å². The summed E-state index contributed by atoms with van der Waals surface area (Å²) in [6, 6.07) is 14.0. The van der Waals surface area contributed by atoms with E-state index >= 15 is 0 Å². The number of aliphatic imine (C=N–C) groups is 1. The molecule has 1 N–H and O–H groups in total. The number of amides is 3. The van der Waals surface area contributed by atoms with Crippen LogP contribution in [0.3, 0.4) is 0 Å². The molecule has 0 unspecified atom stereocenters. The highest BCUT2D eigenvalue weighted by atomic mass is 79.9. The van der Waals surface area contributed by atoms with Crippen LogP contribution in [0.1, 0.15) is 19.4 Å². The maximum Gasteiger partial charge on any atom is 0.325 e. The van der Waals surface area contributed by atoms with E-state index < -0.39 is 17.6 Å². The SMILES string of the molecule is COc1ccc(/C=N/[C@H](COc2ccc(Br)cc2)CN2C(=O)NC(C)(C)C2=O)cc1. The zero-order valence-corrected chi connectivity index (χ0v) is 18.7. The molecule has 2 aromatic rings. The summed E-state index contributed by atoms with van der Waals surface area (Å²) in [7, 11) is 1.61. The van der Waals surface area contributed by atoms with Crippen molar-refractivity contribution in [1.29, 1.82) is 0 Å².